The number of aryl methyl sites for hydroxylation is 1. The predicted octanol–water partition coefficient (Wildman–Crippen LogP) is 7.40. The summed E-state index contributed by atoms with van der Waals surface area (Å²) in [5, 5.41) is 0. The molecule has 0 saturated carbocycles. The molecule has 2 unspecified atom stereocenters. The van der Waals surface area contributed by atoms with Gasteiger partial charge in [-0.1, -0.05) is 89.3 Å². The maximum absolute atomic E-state index is 12.7. The molecule has 5 rings (SSSR count). The molecule has 1 heterocycles. The second-order valence-corrected chi connectivity index (χ2v) is 11.7. The van der Waals surface area contributed by atoms with Gasteiger partial charge in [-0.2, -0.15) is 0 Å². The smallest absolute Gasteiger partial charge is 0.167 e. The Balaban J connectivity index is 1.31. The number of halogens is 1. The van der Waals surface area contributed by atoms with Crippen LogP contribution in [0.5, 0.6) is 23.0 Å². The Morgan fingerprint density at radius 2 is 1.49 bits per heavy atom. The SMILES string of the molecule is COc1cc(C2Oc3c(OC)cc(CCCOCc4ccccc4)cc3C2(I)C=O)ccc1OCc1ccccc1. The summed E-state index contributed by atoms with van der Waals surface area (Å²) in [6.45, 7) is 1.64. The standard InChI is InChI=1S/C34H33IO6/c1-37-30-20-27(15-16-29(30)40-22-25-12-7-4-8-13-25)33-34(35,23-36)28-18-26(19-31(38-2)32(28)41-33)14-9-17-39-21-24-10-5-3-6-11-24/h3-8,10-13,15-16,18-20,23,33H,9,14,17,21-22H2,1-2H3. The van der Waals surface area contributed by atoms with E-state index in [1.54, 1.807) is 14.2 Å². The first kappa shape index (κ1) is 29.0. The fourth-order valence-electron chi connectivity index (χ4n) is 4.99. The van der Waals surface area contributed by atoms with Gasteiger partial charge in [0.25, 0.3) is 0 Å². The minimum atomic E-state index is -0.947. The number of alkyl halides is 1. The summed E-state index contributed by atoms with van der Waals surface area (Å²) in [6, 6.07) is 29.8. The second-order valence-electron chi connectivity index (χ2n) is 9.88. The van der Waals surface area contributed by atoms with E-state index in [4.69, 9.17) is 23.7 Å². The average molecular weight is 665 g/mol. The minimum absolute atomic E-state index is 0.420. The molecular formula is C34H33IO6. The summed E-state index contributed by atoms with van der Waals surface area (Å²) in [5.41, 5.74) is 4.90. The highest BCUT2D eigenvalue weighted by molar-refractivity contribution is 14.1. The van der Waals surface area contributed by atoms with Crippen molar-refractivity contribution in [3.63, 3.8) is 0 Å². The van der Waals surface area contributed by atoms with E-state index in [2.05, 4.69) is 40.8 Å². The fourth-order valence-corrected chi connectivity index (χ4v) is 5.87. The van der Waals surface area contributed by atoms with Gasteiger partial charge in [0, 0.05) is 12.2 Å². The number of carbonyl (C=O) groups excluding carboxylic acids is 1. The van der Waals surface area contributed by atoms with Crippen molar-refractivity contribution in [1.82, 2.24) is 0 Å². The Morgan fingerprint density at radius 3 is 2.15 bits per heavy atom. The molecule has 0 radical (unpaired) electrons. The highest BCUT2D eigenvalue weighted by atomic mass is 127. The van der Waals surface area contributed by atoms with Gasteiger partial charge in [0.15, 0.2) is 23.0 Å². The highest BCUT2D eigenvalue weighted by Crippen LogP contribution is 2.57. The van der Waals surface area contributed by atoms with E-state index in [1.165, 1.54) is 0 Å². The molecule has 0 aliphatic carbocycles. The summed E-state index contributed by atoms with van der Waals surface area (Å²) < 4.78 is 28.8. The molecule has 1 aliphatic rings. The van der Waals surface area contributed by atoms with Crippen LogP contribution in [0.4, 0.5) is 0 Å². The minimum Gasteiger partial charge on any atom is -0.493 e. The molecule has 0 spiro atoms. The predicted molar refractivity (Wildman–Crippen MR) is 166 cm³/mol. The van der Waals surface area contributed by atoms with Gasteiger partial charge >= 0.3 is 0 Å². The van der Waals surface area contributed by atoms with Crippen LogP contribution in [-0.4, -0.2) is 27.1 Å². The lowest BCUT2D eigenvalue weighted by atomic mass is 9.90. The summed E-state index contributed by atoms with van der Waals surface area (Å²) in [4.78, 5) is 12.7. The number of methoxy groups -OCH3 is 2. The number of fused-ring (bicyclic) bond motifs is 1. The molecule has 4 aromatic rings. The first-order valence-electron chi connectivity index (χ1n) is 13.6. The molecular weight excluding hydrogens is 631 g/mol. The molecule has 41 heavy (non-hydrogen) atoms. The Labute approximate surface area is 254 Å². The third-order valence-electron chi connectivity index (χ3n) is 7.13. The molecule has 0 bridgehead atoms. The molecule has 0 amide bonds. The van der Waals surface area contributed by atoms with Crippen molar-refractivity contribution < 1.29 is 28.5 Å². The van der Waals surface area contributed by atoms with Crippen molar-refractivity contribution in [2.75, 3.05) is 20.8 Å². The van der Waals surface area contributed by atoms with E-state index in [-0.39, 0.29) is 0 Å². The van der Waals surface area contributed by atoms with Gasteiger partial charge in [-0.25, -0.2) is 0 Å². The zero-order valence-electron chi connectivity index (χ0n) is 23.2. The number of hydrogen-bond donors (Lipinski definition) is 0. The molecule has 2 atom stereocenters. The van der Waals surface area contributed by atoms with E-state index < -0.39 is 9.53 Å². The molecule has 0 fully saturated rings. The summed E-state index contributed by atoms with van der Waals surface area (Å²) in [6.07, 6.45) is 2.03. The number of rotatable bonds is 13. The summed E-state index contributed by atoms with van der Waals surface area (Å²) in [5.74, 6) is 2.40. The number of carbonyl (C=O) groups is 1. The Morgan fingerprint density at radius 1 is 0.805 bits per heavy atom. The summed E-state index contributed by atoms with van der Waals surface area (Å²) >= 11 is 2.20. The van der Waals surface area contributed by atoms with Crippen molar-refractivity contribution in [2.24, 2.45) is 0 Å². The van der Waals surface area contributed by atoms with Crippen LogP contribution >= 0.6 is 22.6 Å². The quantitative estimate of drug-likeness (QED) is 0.0643. The number of benzene rings is 4. The first-order chi connectivity index (χ1) is 20.1. The normalized spacial score (nSPS) is 17.4. The lowest BCUT2D eigenvalue weighted by Gasteiger charge is -2.24. The van der Waals surface area contributed by atoms with Crippen LogP contribution in [0.1, 0.15) is 40.3 Å². The van der Waals surface area contributed by atoms with Crippen molar-refractivity contribution in [2.45, 2.75) is 35.6 Å². The monoisotopic (exact) mass is 664 g/mol. The third-order valence-corrected chi connectivity index (χ3v) is 8.53. The Hall–Kier alpha value is -3.56. The van der Waals surface area contributed by atoms with Crippen LogP contribution in [0.25, 0.3) is 0 Å². The van der Waals surface area contributed by atoms with Gasteiger partial charge in [-0.15, -0.1) is 0 Å². The third kappa shape index (κ3) is 6.52. The Kier molecular flexibility index (Phi) is 9.46. The van der Waals surface area contributed by atoms with E-state index in [1.807, 2.05) is 72.8 Å². The van der Waals surface area contributed by atoms with Gasteiger partial charge in [0.05, 0.1) is 20.8 Å². The lowest BCUT2D eigenvalue weighted by Crippen LogP contribution is -2.26. The maximum atomic E-state index is 12.7. The number of aldehydes is 1. The van der Waals surface area contributed by atoms with Crippen LogP contribution in [0.15, 0.2) is 91.0 Å². The largest absolute Gasteiger partial charge is 0.493 e. The first-order valence-corrected chi connectivity index (χ1v) is 14.6. The van der Waals surface area contributed by atoms with E-state index >= 15 is 0 Å². The molecule has 212 valence electrons. The van der Waals surface area contributed by atoms with Gasteiger partial charge in [-0.05, 0) is 59.4 Å². The zero-order valence-corrected chi connectivity index (χ0v) is 25.3. The van der Waals surface area contributed by atoms with Crippen LogP contribution < -0.4 is 18.9 Å². The number of ether oxygens (including phenoxy) is 5. The Bertz CT molecular complexity index is 1460. The van der Waals surface area contributed by atoms with Crippen LogP contribution in [-0.2, 0) is 32.6 Å². The van der Waals surface area contributed by atoms with E-state index in [0.717, 1.165) is 46.9 Å². The highest BCUT2D eigenvalue weighted by Gasteiger charge is 2.50. The maximum Gasteiger partial charge on any atom is 0.167 e. The van der Waals surface area contributed by atoms with Crippen molar-refractivity contribution in [3.8, 4) is 23.0 Å². The van der Waals surface area contributed by atoms with Gasteiger partial charge in [0.1, 0.15) is 22.4 Å². The van der Waals surface area contributed by atoms with Crippen molar-refractivity contribution in [3.05, 3.63) is 119 Å². The molecule has 1 aliphatic heterocycles. The molecule has 7 heteroatoms. The fraction of sp³-hybridized carbons (Fsp3) is 0.265. The molecule has 0 saturated heterocycles. The number of hydrogen-bond acceptors (Lipinski definition) is 6. The van der Waals surface area contributed by atoms with Gasteiger partial charge < -0.3 is 28.5 Å². The zero-order chi connectivity index (χ0) is 28.7. The topological polar surface area (TPSA) is 63.2 Å². The average Bonchev–Trinajstić information content (AvgIpc) is 3.33. The van der Waals surface area contributed by atoms with Crippen molar-refractivity contribution >= 4 is 28.9 Å². The van der Waals surface area contributed by atoms with E-state index in [9.17, 15) is 4.79 Å². The van der Waals surface area contributed by atoms with Gasteiger partial charge in [0.2, 0.25) is 0 Å². The lowest BCUT2D eigenvalue weighted by molar-refractivity contribution is -0.110. The molecule has 6 nitrogen and oxygen atoms in total. The van der Waals surface area contributed by atoms with Crippen LogP contribution in [0.2, 0.25) is 0 Å². The second kappa shape index (κ2) is 13.4. The van der Waals surface area contributed by atoms with Crippen molar-refractivity contribution in [1.29, 1.82) is 0 Å². The van der Waals surface area contributed by atoms with E-state index in [0.29, 0.717) is 42.8 Å². The molecule has 0 N–H and O–H groups in total. The summed E-state index contributed by atoms with van der Waals surface area (Å²) in [7, 11) is 3.23. The molecule has 4 aromatic carbocycles. The van der Waals surface area contributed by atoms with Crippen LogP contribution in [0, 0.1) is 0 Å². The van der Waals surface area contributed by atoms with Gasteiger partial charge in [-0.3, -0.25) is 0 Å². The van der Waals surface area contributed by atoms with Crippen LogP contribution in [0.3, 0.4) is 0 Å². The molecule has 0 aromatic heterocycles.